The molecule has 1 unspecified atom stereocenters. The van der Waals surface area contributed by atoms with Crippen molar-refractivity contribution < 1.29 is 4.79 Å². The standard InChI is InChI=1S/C12H15N3O/c1-3-6-13-12-14-10-5-4-8(2)7-9(10)11(16)15-12/h4-5,7,9H,3,6H2,1-2H3,(H,13,15,16). The maximum absolute atomic E-state index is 11.8. The number of aliphatic imine (C=N–C) groups is 2. The Morgan fingerprint density at radius 1 is 1.50 bits per heavy atom. The molecule has 2 aliphatic rings. The van der Waals surface area contributed by atoms with Crippen LogP contribution >= 0.6 is 0 Å². The van der Waals surface area contributed by atoms with Crippen LogP contribution in [0.3, 0.4) is 0 Å². The molecule has 1 heterocycles. The first kappa shape index (κ1) is 10.8. The van der Waals surface area contributed by atoms with Gasteiger partial charge in [-0.3, -0.25) is 15.1 Å². The molecular formula is C12H15N3O. The number of fused-ring (bicyclic) bond motifs is 1. The van der Waals surface area contributed by atoms with Crippen LogP contribution in [0, 0.1) is 5.92 Å². The summed E-state index contributed by atoms with van der Waals surface area (Å²) in [5, 5.41) is 2.72. The Hall–Kier alpha value is -1.71. The average molecular weight is 217 g/mol. The molecule has 0 saturated heterocycles. The Kier molecular flexibility index (Phi) is 2.99. The summed E-state index contributed by atoms with van der Waals surface area (Å²) in [6.07, 6.45) is 6.72. The van der Waals surface area contributed by atoms with Crippen LogP contribution in [-0.4, -0.2) is 24.1 Å². The van der Waals surface area contributed by atoms with Gasteiger partial charge in [-0.15, -0.1) is 0 Å². The van der Waals surface area contributed by atoms with Gasteiger partial charge in [-0.1, -0.05) is 24.6 Å². The molecule has 0 saturated carbocycles. The number of amides is 1. The average Bonchev–Trinajstić information content (AvgIpc) is 2.27. The lowest BCUT2D eigenvalue weighted by Gasteiger charge is -2.22. The number of hydrogen-bond donors (Lipinski definition) is 1. The molecular weight excluding hydrogens is 202 g/mol. The third-order valence-corrected chi connectivity index (χ3v) is 2.50. The summed E-state index contributed by atoms with van der Waals surface area (Å²) in [7, 11) is 0. The summed E-state index contributed by atoms with van der Waals surface area (Å²) in [5.74, 6) is 0.157. The monoisotopic (exact) mass is 217 g/mol. The van der Waals surface area contributed by atoms with E-state index in [1.807, 2.05) is 32.1 Å². The molecule has 0 aromatic rings. The zero-order valence-corrected chi connectivity index (χ0v) is 9.53. The fourth-order valence-corrected chi connectivity index (χ4v) is 1.67. The Morgan fingerprint density at radius 3 is 3.06 bits per heavy atom. The molecule has 2 rings (SSSR count). The van der Waals surface area contributed by atoms with E-state index in [2.05, 4.69) is 15.3 Å². The fraction of sp³-hybridized carbons (Fsp3) is 0.417. The molecule has 16 heavy (non-hydrogen) atoms. The highest BCUT2D eigenvalue weighted by Gasteiger charge is 2.28. The molecule has 0 spiro atoms. The van der Waals surface area contributed by atoms with Crippen molar-refractivity contribution in [3.05, 3.63) is 23.8 Å². The molecule has 4 heteroatoms. The fourth-order valence-electron chi connectivity index (χ4n) is 1.67. The van der Waals surface area contributed by atoms with E-state index in [0.717, 1.165) is 17.7 Å². The molecule has 0 aromatic heterocycles. The normalized spacial score (nSPS) is 26.0. The maximum Gasteiger partial charge on any atom is 0.239 e. The molecule has 1 atom stereocenters. The molecule has 1 aliphatic carbocycles. The topological polar surface area (TPSA) is 53.8 Å². The van der Waals surface area contributed by atoms with Crippen molar-refractivity contribution in [3.8, 4) is 0 Å². The summed E-state index contributed by atoms with van der Waals surface area (Å²) in [6, 6.07) is 0. The summed E-state index contributed by atoms with van der Waals surface area (Å²) < 4.78 is 0. The molecule has 84 valence electrons. The second kappa shape index (κ2) is 4.43. The van der Waals surface area contributed by atoms with Crippen molar-refractivity contribution in [2.75, 3.05) is 6.54 Å². The minimum atomic E-state index is -0.245. The van der Waals surface area contributed by atoms with E-state index in [4.69, 9.17) is 0 Å². The number of guanidine groups is 1. The first-order valence-corrected chi connectivity index (χ1v) is 5.51. The number of nitrogens with zero attached hydrogens (tertiary/aromatic N) is 2. The van der Waals surface area contributed by atoms with Crippen molar-refractivity contribution in [1.29, 1.82) is 0 Å². The molecule has 0 aromatic carbocycles. The predicted molar refractivity (Wildman–Crippen MR) is 64.6 cm³/mol. The van der Waals surface area contributed by atoms with Gasteiger partial charge in [-0.2, -0.15) is 0 Å². The van der Waals surface area contributed by atoms with Crippen LogP contribution < -0.4 is 5.32 Å². The summed E-state index contributed by atoms with van der Waals surface area (Å²) in [4.78, 5) is 20.3. The van der Waals surface area contributed by atoms with Gasteiger partial charge in [0.1, 0.15) is 0 Å². The number of hydrogen-bond acceptors (Lipinski definition) is 2. The highest BCUT2D eigenvalue weighted by atomic mass is 16.2. The van der Waals surface area contributed by atoms with Crippen molar-refractivity contribution in [2.24, 2.45) is 15.9 Å². The number of allylic oxidation sites excluding steroid dienone is 3. The molecule has 0 bridgehead atoms. The number of carbonyl (C=O) groups is 1. The smallest absolute Gasteiger partial charge is 0.239 e. The zero-order valence-electron chi connectivity index (χ0n) is 9.53. The lowest BCUT2D eigenvalue weighted by atomic mass is 9.93. The van der Waals surface area contributed by atoms with Crippen molar-refractivity contribution in [1.82, 2.24) is 5.32 Å². The van der Waals surface area contributed by atoms with Gasteiger partial charge >= 0.3 is 0 Å². The quantitative estimate of drug-likeness (QED) is 0.748. The van der Waals surface area contributed by atoms with E-state index in [9.17, 15) is 4.79 Å². The molecule has 0 fully saturated rings. The number of rotatable bonds is 2. The van der Waals surface area contributed by atoms with E-state index in [1.165, 1.54) is 0 Å². The summed E-state index contributed by atoms with van der Waals surface area (Å²) >= 11 is 0. The number of carbonyl (C=O) groups excluding carboxylic acids is 1. The predicted octanol–water partition coefficient (Wildman–Crippen LogP) is 1.46. The molecule has 1 aliphatic heterocycles. The van der Waals surface area contributed by atoms with Gasteiger partial charge in [0.15, 0.2) is 0 Å². The highest BCUT2D eigenvalue weighted by molar-refractivity contribution is 6.22. The van der Waals surface area contributed by atoms with Crippen LogP contribution in [0.4, 0.5) is 0 Å². The van der Waals surface area contributed by atoms with E-state index in [0.29, 0.717) is 12.5 Å². The first-order valence-electron chi connectivity index (χ1n) is 5.51. The van der Waals surface area contributed by atoms with Crippen LogP contribution in [0.25, 0.3) is 0 Å². The summed E-state index contributed by atoms with van der Waals surface area (Å²) in [6.45, 7) is 4.70. The molecule has 0 radical (unpaired) electrons. The second-order valence-corrected chi connectivity index (χ2v) is 3.95. The highest BCUT2D eigenvalue weighted by Crippen LogP contribution is 2.17. The van der Waals surface area contributed by atoms with Crippen LogP contribution in [0.1, 0.15) is 20.3 Å². The van der Waals surface area contributed by atoms with Gasteiger partial charge in [-0.05, 0) is 19.4 Å². The SMILES string of the molecule is CCCN=C1N=C2C=CC(C)=CC2C(=O)N1. The maximum atomic E-state index is 11.8. The van der Waals surface area contributed by atoms with Gasteiger partial charge in [-0.25, -0.2) is 4.99 Å². The minimum Gasteiger partial charge on any atom is -0.294 e. The van der Waals surface area contributed by atoms with E-state index in [-0.39, 0.29) is 11.8 Å². The molecule has 1 amide bonds. The lowest BCUT2D eigenvalue weighted by molar-refractivity contribution is -0.120. The van der Waals surface area contributed by atoms with Crippen molar-refractivity contribution in [2.45, 2.75) is 20.3 Å². The van der Waals surface area contributed by atoms with E-state index >= 15 is 0 Å². The first-order chi connectivity index (χ1) is 7.70. The molecule has 1 N–H and O–H groups in total. The Labute approximate surface area is 94.9 Å². The Morgan fingerprint density at radius 2 is 2.31 bits per heavy atom. The second-order valence-electron chi connectivity index (χ2n) is 3.95. The van der Waals surface area contributed by atoms with E-state index < -0.39 is 0 Å². The largest absolute Gasteiger partial charge is 0.294 e. The Balaban J connectivity index is 2.27. The molecule has 4 nitrogen and oxygen atoms in total. The summed E-state index contributed by atoms with van der Waals surface area (Å²) in [5.41, 5.74) is 1.87. The number of nitrogens with one attached hydrogen (secondary N) is 1. The van der Waals surface area contributed by atoms with Crippen LogP contribution in [-0.2, 0) is 4.79 Å². The third-order valence-electron chi connectivity index (χ3n) is 2.50. The van der Waals surface area contributed by atoms with Crippen LogP contribution in [0.2, 0.25) is 0 Å². The lowest BCUT2D eigenvalue weighted by Crippen LogP contribution is -2.43. The van der Waals surface area contributed by atoms with E-state index in [1.54, 1.807) is 0 Å². The van der Waals surface area contributed by atoms with Crippen LogP contribution in [0.15, 0.2) is 33.8 Å². The van der Waals surface area contributed by atoms with Gasteiger partial charge in [0.2, 0.25) is 11.9 Å². The van der Waals surface area contributed by atoms with Gasteiger partial charge in [0, 0.05) is 6.54 Å². The van der Waals surface area contributed by atoms with Crippen LogP contribution in [0.5, 0.6) is 0 Å². The minimum absolute atomic E-state index is 0.0384. The Bertz CT molecular complexity index is 430. The van der Waals surface area contributed by atoms with Gasteiger partial charge in [0.05, 0.1) is 11.6 Å². The van der Waals surface area contributed by atoms with Gasteiger partial charge < -0.3 is 0 Å². The van der Waals surface area contributed by atoms with Gasteiger partial charge in [0.25, 0.3) is 0 Å². The van der Waals surface area contributed by atoms with Crippen molar-refractivity contribution >= 4 is 17.6 Å². The zero-order chi connectivity index (χ0) is 11.5. The third kappa shape index (κ3) is 2.10. The van der Waals surface area contributed by atoms with Crippen molar-refractivity contribution in [3.63, 3.8) is 0 Å².